The normalized spacial score (nSPS) is 19.1. The number of hydrogen-bond acceptors (Lipinski definition) is 4. The number of nitrogens with two attached hydrogens (primary N) is 1. The molecule has 20 heavy (non-hydrogen) atoms. The van der Waals surface area contributed by atoms with Gasteiger partial charge in [0.15, 0.2) is 0 Å². The van der Waals surface area contributed by atoms with Gasteiger partial charge < -0.3 is 14.9 Å². The molecule has 3 rings (SSSR count). The Kier molecular flexibility index (Phi) is 2.67. The first-order valence-corrected chi connectivity index (χ1v) is 6.39. The standard InChI is InChI=1S/C14H16N4O2/c1-17-7-10(18(2)14(17)15)11-8-5-3-4-6-9(8)16-12(11)13(19)20/h3-6,10,15-16H,7H2,1-2H3,(H,19,20). The van der Waals surface area contributed by atoms with Crippen LogP contribution in [-0.4, -0.2) is 47.0 Å². The first-order valence-electron chi connectivity index (χ1n) is 6.39. The number of nitrogens with one attached hydrogen (secondary N) is 1. The number of aromatic nitrogens is 1. The predicted octanol–water partition coefficient (Wildman–Crippen LogP) is -0.525. The number of para-hydroxylation sites is 1. The summed E-state index contributed by atoms with van der Waals surface area (Å²) in [5.41, 5.74) is 7.64. The molecule has 0 fully saturated rings. The SMILES string of the molecule is CN1C(N)=[N+](C)CC1c1c(C(=O)[O-])[nH]c2ccccc12. The number of rotatable bonds is 2. The van der Waals surface area contributed by atoms with Crippen molar-refractivity contribution in [3.05, 3.63) is 35.5 Å². The van der Waals surface area contributed by atoms with Crippen molar-refractivity contribution in [2.75, 3.05) is 20.6 Å². The maximum absolute atomic E-state index is 11.4. The smallest absolute Gasteiger partial charge is 0.346 e. The van der Waals surface area contributed by atoms with Crippen molar-refractivity contribution < 1.29 is 14.5 Å². The highest BCUT2D eigenvalue weighted by Crippen LogP contribution is 2.32. The summed E-state index contributed by atoms with van der Waals surface area (Å²) in [6.45, 7) is 0.643. The van der Waals surface area contributed by atoms with Crippen molar-refractivity contribution in [1.82, 2.24) is 9.88 Å². The summed E-state index contributed by atoms with van der Waals surface area (Å²) >= 11 is 0. The molecule has 6 nitrogen and oxygen atoms in total. The van der Waals surface area contributed by atoms with Gasteiger partial charge in [0, 0.05) is 16.5 Å². The van der Waals surface area contributed by atoms with Crippen LogP contribution in [0.15, 0.2) is 24.3 Å². The second-order valence-electron chi connectivity index (χ2n) is 5.11. The van der Waals surface area contributed by atoms with Crippen molar-refractivity contribution in [2.24, 2.45) is 5.73 Å². The maximum atomic E-state index is 11.4. The molecule has 1 aliphatic heterocycles. The van der Waals surface area contributed by atoms with Crippen LogP contribution < -0.4 is 10.8 Å². The molecule has 1 unspecified atom stereocenters. The minimum Gasteiger partial charge on any atom is -0.543 e. The molecule has 0 saturated heterocycles. The van der Waals surface area contributed by atoms with Gasteiger partial charge in [-0.15, -0.1) is 0 Å². The van der Waals surface area contributed by atoms with Crippen molar-refractivity contribution in [3.63, 3.8) is 0 Å². The number of carbonyl (C=O) groups is 1. The van der Waals surface area contributed by atoms with Gasteiger partial charge in [-0.1, -0.05) is 18.2 Å². The molecule has 0 spiro atoms. The summed E-state index contributed by atoms with van der Waals surface area (Å²) < 4.78 is 1.91. The highest BCUT2D eigenvalue weighted by molar-refractivity contribution is 5.97. The van der Waals surface area contributed by atoms with Crippen molar-refractivity contribution in [2.45, 2.75) is 6.04 Å². The van der Waals surface area contributed by atoms with Gasteiger partial charge in [-0.2, -0.15) is 0 Å². The fourth-order valence-electron chi connectivity index (χ4n) is 2.86. The first-order chi connectivity index (χ1) is 9.50. The number of H-pyrrole nitrogens is 1. The molecule has 2 aromatic rings. The van der Waals surface area contributed by atoms with E-state index in [0.29, 0.717) is 12.5 Å². The maximum Gasteiger partial charge on any atom is 0.346 e. The van der Waals surface area contributed by atoms with Crippen LogP contribution in [-0.2, 0) is 0 Å². The molecule has 3 N–H and O–H groups in total. The summed E-state index contributed by atoms with van der Waals surface area (Å²) in [5.74, 6) is -0.567. The Balaban J connectivity index is 2.21. The summed E-state index contributed by atoms with van der Waals surface area (Å²) in [6, 6.07) is 7.42. The number of carboxylic acids is 1. The monoisotopic (exact) mass is 272 g/mol. The van der Waals surface area contributed by atoms with Gasteiger partial charge in [0.1, 0.15) is 12.6 Å². The quantitative estimate of drug-likeness (QED) is 0.720. The number of carboxylic acid groups (broad SMARTS) is 1. The van der Waals surface area contributed by atoms with E-state index in [1.807, 2.05) is 47.8 Å². The molecule has 6 heteroatoms. The van der Waals surface area contributed by atoms with Crippen LogP contribution in [0.4, 0.5) is 0 Å². The molecular formula is C14H16N4O2. The zero-order chi connectivity index (χ0) is 14.4. The minimum absolute atomic E-state index is 0.107. The van der Waals surface area contributed by atoms with Crippen molar-refractivity contribution >= 4 is 22.8 Å². The van der Waals surface area contributed by atoms with Crippen molar-refractivity contribution in [3.8, 4) is 0 Å². The summed E-state index contributed by atoms with van der Waals surface area (Å²) in [7, 11) is 3.75. The van der Waals surface area contributed by atoms with Gasteiger partial charge in [-0.05, 0) is 6.07 Å². The van der Waals surface area contributed by atoms with E-state index in [2.05, 4.69) is 4.98 Å². The van der Waals surface area contributed by atoms with Crippen LogP contribution >= 0.6 is 0 Å². The molecule has 104 valence electrons. The van der Waals surface area contributed by atoms with E-state index in [1.165, 1.54) is 0 Å². The molecule has 0 amide bonds. The number of aromatic carboxylic acids is 1. The minimum atomic E-state index is -1.20. The number of benzene rings is 1. The van der Waals surface area contributed by atoms with E-state index in [9.17, 15) is 9.90 Å². The lowest BCUT2D eigenvalue weighted by atomic mass is 10.0. The second kappa shape index (κ2) is 4.26. The number of guanidine groups is 1. The number of hydrogen-bond donors (Lipinski definition) is 2. The topological polar surface area (TPSA) is 88.2 Å². The molecule has 1 aromatic carbocycles. The third kappa shape index (κ3) is 1.65. The van der Waals surface area contributed by atoms with E-state index in [-0.39, 0.29) is 11.7 Å². The Morgan fingerprint density at radius 1 is 1.50 bits per heavy atom. The summed E-state index contributed by atoms with van der Waals surface area (Å²) in [4.78, 5) is 16.2. The molecule has 1 aliphatic rings. The molecule has 0 radical (unpaired) electrons. The van der Waals surface area contributed by atoms with Gasteiger partial charge in [-0.25, -0.2) is 0 Å². The zero-order valence-electron chi connectivity index (χ0n) is 11.4. The fraction of sp³-hybridized carbons (Fsp3) is 0.286. The largest absolute Gasteiger partial charge is 0.543 e. The van der Waals surface area contributed by atoms with Gasteiger partial charge in [0.2, 0.25) is 0 Å². The van der Waals surface area contributed by atoms with Crippen LogP contribution in [0.2, 0.25) is 0 Å². The lowest BCUT2D eigenvalue weighted by molar-refractivity contribution is -0.491. The Hall–Kier alpha value is -2.50. The van der Waals surface area contributed by atoms with Crippen LogP contribution in [0.5, 0.6) is 0 Å². The molecule has 0 saturated carbocycles. The van der Waals surface area contributed by atoms with Gasteiger partial charge in [0.05, 0.1) is 25.8 Å². The van der Waals surface area contributed by atoms with E-state index in [4.69, 9.17) is 5.73 Å². The predicted molar refractivity (Wildman–Crippen MR) is 73.4 cm³/mol. The van der Waals surface area contributed by atoms with Gasteiger partial charge in [-0.3, -0.25) is 15.2 Å². The Morgan fingerprint density at radius 3 is 2.80 bits per heavy atom. The molecule has 0 bridgehead atoms. The van der Waals surface area contributed by atoms with Crippen molar-refractivity contribution in [1.29, 1.82) is 0 Å². The highest BCUT2D eigenvalue weighted by Gasteiger charge is 2.36. The van der Waals surface area contributed by atoms with Gasteiger partial charge in [0.25, 0.3) is 0 Å². The van der Waals surface area contributed by atoms with Gasteiger partial charge >= 0.3 is 5.96 Å². The number of aromatic amines is 1. The Bertz CT molecular complexity index is 732. The lowest BCUT2D eigenvalue weighted by Gasteiger charge is -2.17. The number of carbonyl (C=O) groups excluding carboxylic acids is 1. The molecular weight excluding hydrogens is 256 g/mol. The highest BCUT2D eigenvalue weighted by atomic mass is 16.4. The molecule has 1 atom stereocenters. The lowest BCUT2D eigenvalue weighted by Crippen LogP contribution is -2.35. The number of likely N-dealkylation sites (N-methyl/N-ethyl adjacent to an activating group) is 2. The van der Waals surface area contributed by atoms with Crippen LogP contribution in [0.3, 0.4) is 0 Å². The molecule has 0 aliphatic carbocycles. The molecule has 2 heterocycles. The summed E-state index contributed by atoms with van der Waals surface area (Å²) in [5, 5.41) is 12.3. The Morgan fingerprint density at radius 2 is 2.20 bits per heavy atom. The van der Waals surface area contributed by atoms with E-state index in [0.717, 1.165) is 16.5 Å². The van der Waals surface area contributed by atoms with E-state index >= 15 is 0 Å². The average Bonchev–Trinajstić information content (AvgIpc) is 2.92. The van der Waals surface area contributed by atoms with Crippen LogP contribution in [0.25, 0.3) is 10.9 Å². The fourth-order valence-corrected chi connectivity index (χ4v) is 2.86. The average molecular weight is 272 g/mol. The third-order valence-corrected chi connectivity index (χ3v) is 3.95. The first kappa shape index (κ1) is 12.5. The third-order valence-electron chi connectivity index (χ3n) is 3.95. The van der Waals surface area contributed by atoms with Crippen LogP contribution in [0, 0.1) is 0 Å². The zero-order valence-corrected chi connectivity index (χ0v) is 11.4. The Labute approximate surface area is 116 Å². The number of nitrogens with zero attached hydrogens (tertiary/aromatic N) is 2. The summed E-state index contributed by atoms with van der Waals surface area (Å²) in [6.07, 6.45) is 0. The number of fused-ring (bicyclic) bond motifs is 1. The van der Waals surface area contributed by atoms with E-state index in [1.54, 1.807) is 0 Å². The van der Waals surface area contributed by atoms with E-state index < -0.39 is 5.97 Å². The molecule has 1 aromatic heterocycles. The second-order valence-corrected chi connectivity index (χ2v) is 5.11. The van der Waals surface area contributed by atoms with Crippen LogP contribution in [0.1, 0.15) is 22.1 Å².